The standard InChI is InChI=1S/C26H32N6/c1-2-21(16-19-6-4-3-5-7-19)24-17-25(24)27-23-12-14-32(15-13-23)18-20-8-10-22(11-9-20)26-28-30-31-29-26/h3-11,16,23-25,27H,2,12-15,17-18H2,1H3,(H,28,29,30,31)/b21-16+/t24-,25+/m0/s1. The molecule has 0 amide bonds. The van der Waals surface area contributed by atoms with E-state index in [0.717, 1.165) is 37.5 Å². The Bertz CT molecular complexity index is 1000. The first kappa shape index (κ1) is 21.0. The van der Waals surface area contributed by atoms with Crippen molar-refractivity contribution >= 4 is 6.08 Å². The predicted octanol–water partition coefficient (Wildman–Crippen LogP) is 4.30. The van der Waals surface area contributed by atoms with Crippen LogP contribution in [0.3, 0.4) is 0 Å². The van der Waals surface area contributed by atoms with Crippen LogP contribution >= 0.6 is 0 Å². The van der Waals surface area contributed by atoms with Crippen molar-refractivity contribution in [3.8, 4) is 11.4 Å². The van der Waals surface area contributed by atoms with Crippen LogP contribution in [0.15, 0.2) is 60.2 Å². The fourth-order valence-corrected chi connectivity index (χ4v) is 4.89. The summed E-state index contributed by atoms with van der Waals surface area (Å²) < 4.78 is 0. The fourth-order valence-electron chi connectivity index (χ4n) is 4.89. The Kier molecular flexibility index (Phi) is 6.41. The lowest BCUT2D eigenvalue weighted by molar-refractivity contribution is 0.189. The second-order valence-electron chi connectivity index (χ2n) is 9.08. The largest absolute Gasteiger partial charge is 0.311 e. The highest BCUT2D eigenvalue weighted by Crippen LogP contribution is 2.40. The monoisotopic (exact) mass is 428 g/mol. The van der Waals surface area contributed by atoms with E-state index in [1.54, 1.807) is 5.57 Å². The van der Waals surface area contributed by atoms with E-state index in [-0.39, 0.29) is 0 Å². The molecule has 1 aliphatic heterocycles. The van der Waals surface area contributed by atoms with Gasteiger partial charge in [-0.1, -0.05) is 73.2 Å². The highest BCUT2D eigenvalue weighted by atomic mass is 15.5. The molecule has 166 valence electrons. The highest BCUT2D eigenvalue weighted by molar-refractivity contribution is 5.55. The van der Waals surface area contributed by atoms with Gasteiger partial charge in [-0.2, -0.15) is 5.21 Å². The summed E-state index contributed by atoms with van der Waals surface area (Å²) in [5, 5.41) is 18.2. The van der Waals surface area contributed by atoms with Crippen molar-refractivity contribution in [2.24, 2.45) is 5.92 Å². The summed E-state index contributed by atoms with van der Waals surface area (Å²) in [6, 6.07) is 20.6. The van der Waals surface area contributed by atoms with Crippen LogP contribution < -0.4 is 5.32 Å². The zero-order valence-electron chi connectivity index (χ0n) is 18.7. The second kappa shape index (κ2) is 9.76. The average Bonchev–Trinajstić information content (AvgIpc) is 3.36. The van der Waals surface area contributed by atoms with Gasteiger partial charge in [-0.3, -0.25) is 4.90 Å². The molecule has 1 aromatic heterocycles. The molecule has 2 heterocycles. The van der Waals surface area contributed by atoms with E-state index in [4.69, 9.17) is 0 Å². The number of hydrogen-bond donors (Lipinski definition) is 2. The highest BCUT2D eigenvalue weighted by Gasteiger charge is 2.40. The number of tetrazole rings is 1. The first-order valence-electron chi connectivity index (χ1n) is 11.8. The summed E-state index contributed by atoms with van der Waals surface area (Å²) in [6.45, 7) is 5.60. The molecule has 1 aliphatic carbocycles. The Morgan fingerprint density at radius 2 is 1.88 bits per heavy atom. The molecular formula is C26H32N6. The molecule has 32 heavy (non-hydrogen) atoms. The van der Waals surface area contributed by atoms with Crippen molar-refractivity contribution in [3.05, 3.63) is 71.3 Å². The molecule has 2 aromatic carbocycles. The normalized spacial score (nSPS) is 22.2. The third-order valence-electron chi connectivity index (χ3n) is 6.83. The van der Waals surface area contributed by atoms with Crippen LogP contribution in [0.25, 0.3) is 17.5 Å². The Labute approximate surface area is 190 Å². The molecule has 0 spiro atoms. The Morgan fingerprint density at radius 1 is 1.09 bits per heavy atom. The SMILES string of the molecule is CC/C(=C\c1ccccc1)[C@@H]1C[C@H]1NC1CCN(Cc2ccc(-c3nn[nH]n3)cc2)CC1. The number of nitrogens with zero attached hydrogens (tertiary/aromatic N) is 4. The molecule has 0 radical (unpaired) electrons. The Balaban J connectivity index is 1.08. The van der Waals surface area contributed by atoms with E-state index in [2.05, 4.69) is 98.4 Å². The molecular weight excluding hydrogens is 396 g/mol. The van der Waals surface area contributed by atoms with E-state index in [1.165, 1.54) is 30.4 Å². The van der Waals surface area contributed by atoms with Crippen LogP contribution in [-0.4, -0.2) is 50.7 Å². The minimum absolute atomic E-state index is 0.645. The van der Waals surface area contributed by atoms with Gasteiger partial charge in [0.2, 0.25) is 5.82 Å². The third kappa shape index (κ3) is 5.14. The van der Waals surface area contributed by atoms with Crippen LogP contribution in [-0.2, 0) is 6.54 Å². The van der Waals surface area contributed by atoms with Crippen molar-refractivity contribution in [1.82, 2.24) is 30.8 Å². The fraction of sp³-hybridized carbons (Fsp3) is 0.423. The minimum atomic E-state index is 0.645. The molecule has 1 saturated heterocycles. The van der Waals surface area contributed by atoms with Gasteiger partial charge in [0, 0.05) is 24.2 Å². The number of aromatic amines is 1. The van der Waals surface area contributed by atoms with Crippen LogP contribution in [0.4, 0.5) is 0 Å². The lowest BCUT2D eigenvalue weighted by Gasteiger charge is -2.32. The number of benzene rings is 2. The van der Waals surface area contributed by atoms with Crippen LogP contribution in [0, 0.1) is 5.92 Å². The van der Waals surface area contributed by atoms with Crippen LogP contribution in [0.1, 0.15) is 43.7 Å². The van der Waals surface area contributed by atoms with Gasteiger partial charge in [-0.05, 0) is 61.0 Å². The van der Waals surface area contributed by atoms with Crippen molar-refractivity contribution in [3.63, 3.8) is 0 Å². The maximum atomic E-state index is 4.04. The van der Waals surface area contributed by atoms with Gasteiger partial charge in [0.25, 0.3) is 0 Å². The number of hydrogen-bond acceptors (Lipinski definition) is 5. The molecule has 0 unspecified atom stereocenters. The van der Waals surface area contributed by atoms with Crippen molar-refractivity contribution in [1.29, 1.82) is 0 Å². The number of nitrogens with one attached hydrogen (secondary N) is 2. The second-order valence-corrected chi connectivity index (χ2v) is 9.08. The van der Waals surface area contributed by atoms with Gasteiger partial charge in [-0.15, -0.1) is 10.2 Å². The van der Waals surface area contributed by atoms with E-state index in [1.807, 2.05) is 0 Å². The van der Waals surface area contributed by atoms with Crippen molar-refractivity contribution in [2.45, 2.75) is 51.2 Å². The van der Waals surface area contributed by atoms with Gasteiger partial charge in [0.05, 0.1) is 0 Å². The van der Waals surface area contributed by atoms with Gasteiger partial charge in [0.1, 0.15) is 0 Å². The van der Waals surface area contributed by atoms with E-state index in [0.29, 0.717) is 17.9 Å². The number of likely N-dealkylation sites (tertiary alicyclic amines) is 1. The van der Waals surface area contributed by atoms with Gasteiger partial charge < -0.3 is 5.32 Å². The zero-order chi connectivity index (χ0) is 21.8. The molecule has 0 bridgehead atoms. The first-order valence-corrected chi connectivity index (χ1v) is 11.8. The van der Waals surface area contributed by atoms with Crippen molar-refractivity contribution < 1.29 is 0 Å². The summed E-state index contributed by atoms with van der Waals surface area (Å²) >= 11 is 0. The summed E-state index contributed by atoms with van der Waals surface area (Å²) in [6.07, 6.45) is 7.29. The van der Waals surface area contributed by atoms with E-state index >= 15 is 0 Å². The number of piperidine rings is 1. The van der Waals surface area contributed by atoms with Crippen LogP contribution in [0.5, 0.6) is 0 Å². The Hall–Kier alpha value is -2.83. The first-order chi connectivity index (χ1) is 15.8. The molecule has 3 aromatic rings. The minimum Gasteiger partial charge on any atom is -0.311 e. The third-order valence-corrected chi connectivity index (χ3v) is 6.83. The summed E-state index contributed by atoms with van der Waals surface area (Å²) in [4.78, 5) is 2.57. The maximum absolute atomic E-state index is 4.04. The quantitative estimate of drug-likeness (QED) is 0.560. The van der Waals surface area contributed by atoms with E-state index < -0.39 is 0 Å². The molecule has 2 aliphatic rings. The summed E-state index contributed by atoms with van der Waals surface area (Å²) in [7, 11) is 0. The smallest absolute Gasteiger partial charge is 0.204 e. The summed E-state index contributed by atoms with van der Waals surface area (Å²) in [5.41, 5.74) is 5.26. The van der Waals surface area contributed by atoms with Gasteiger partial charge in [0.15, 0.2) is 0 Å². The number of aromatic nitrogens is 4. The molecule has 6 heteroatoms. The lowest BCUT2D eigenvalue weighted by atomic mass is 10.0. The topological polar surface area (TPSA) is 69.7 Å². The van der Waals surface area contributed by atoms with Gasteiger partial charge in [-0.25, -0.2) is 0 Å². The van der Waals surface area contributed by atoms with Gasteiger partial charge >= 0.3 is 0 Å². The summed E-state index contributed by atoms with van der Waals surface area (Å²) in [5.74, 6) is 1.36. The molecule has 6 nitrogen and oxygen atoms in total. The molecule has 2 fully saturated rings. The number of rotatable bonds is 8. The molecule has 1 saturated carbocycles. The van der Waals surface area contributed by atoms with Crippen molar-refractivity contribution in [2.75, 3.05) is 13.1 Å². The molecule has 5 rings (SSSR count). The molecule has 2 N–H and O–H groups in total. The average molecular weight is 429 g/mol. The predicted molar refractivity (Wildman–Crippen MR) is 128 cm³/mol. The Morgan fingerprint density at radius 3 is 2.56 bits per heavy atom. The molecule has 2 atom stereocenters. The number of H-pyrrole nitrogens is 1. The maximum Gasteiger partial charge on any atom is 0.204 e. The van der Waals surface area contributed by atoms with Crippen LogP contribution in [0.2, 0.25) is 0 Å². The lowest BCUT2D eigenvalue weighted by Crippen LogP contribution is -2.43. The van der Waals surface area contributed by atoms with E-state index in [9.17, 15) is 0 Å². The zero-order valence-corrected chi connectivity index (χ0v) is 18.7.